The maximum Gasteiger partial charge on any atom is 0.173 e. The smallest absolute Gasteiger partial charge is 0.173 e. The molecular weight excluding hydrogens is 188 g/mol. The first-order valence-electron chi connectivity index (χ1n) is 4.44. The van der Waals surface area contributed by atoms with E-state index < -0.39 is 0 Å². The number of nitrogens with one attached hydrogen (secondary N) is 1. The van der Waals surface area contributed by atoms with Gasteiger partial charge in [0.15, 0.2) is 12.4 Å². The number of rotatable bonds is 3. The van der Waals surface area contributed by atoms with E-state index in [1.807, 2.05) is 36.1 Å². The Hall–Kier alpha value is -2.33. The maximum atomic E-state index is 8.48. The summed E-state index contributed by atoms with van der Waals surface area (Å²) in [6.07, 6.45) is 5.33. The zero-order valence-corrected chi connectivity index (χ0v) is 8.44. The normalized spacial score (nSPS) is 8.47. The highest BCUT2D eigenvalue weighted by Gasteiger charge is 1.96. The van der Waals surface area contributed by atoms with Crippen LogP contribution in [-0.4, -0.2) is 0 Å². The molecule has 0 bridgehead atoms. The topological polar surface area (TPSA) is 63.5 Å². The standard InChI is InChI=1S/C11H11N4/c1-15-4-2-3-10(9-15)7-14-8-11(5-12)6-13/h2-4,8-9,14H,7H2,1H3/q+1. The second-order valence-electron chi connectivity index (χ2n) is 3.04. The van der Waals surface area contributed by atoms with Gasteiger partial charge in [0.2, 0.25) is 0 Å². The highest BCUT2D eigenvalue weighted by molar-refractivity contribution is 5.34. The average molecular weight is 199 g/mol. The molecule has 15 heavy (non-hydrogen) atoms. The summed E-state index contributed by atoms with van der Waals surface area (Å²) in [5, 5.41) is 19.9. The van der Waals surface area contributed by atoms with Crippen LogP contribution in [0, 0.1) is 22.7 Å². The Morgan fingerprint density at radius 1 is 1.53 bits per heavy atom. The summed E-state index contributed by atoms with van der Waals surface area (Å²) in [5.74, 6) is 0. The van der Waals surface area contributed by atoms with Gasteiger partial charge in [0.05, 0.1) is 0 Å². The quantitative estimate of drug-likeness (QED) is 0.570. The van der Waals surface area contributed by atoms with Crippen molar-refractivity contribution in [2.24, 2.45) is 7.05 Å². The lowest BCUT2D eigenvalue weighted by Crippen LogP contribution is -2.27. The van der Waals surface area contributed by atoms with E-state index in [1.165, 1.54) is 6.20 Å². The molecule has 0 aliphatic carbocycles. The van der Waals surface area contributed by atoms with Crippen molar-refractivity contribution in [3.8, 4) is 12.1 Å². The molecule has 1 N–H and O–H groups in total. The van der Waals surface area contributed by atoms with Crippen molar-refractivity contribution in [3.63, 3.8) is 0 Å². The Balaban J connectivity index is 2.56. The number of pyridine rings is 1. The van der Waals surface area contributed by atoms with Crippen molar-refractivity contribution >= 4 is 0 Å². The summed E-state index contributed by atoms with van der Waals surface area (Å²) < 4.78 is 1.94. The summed E-state index contributed by atoms with van der Waals surface area (Å²) in [5.41, 5.74) is 1.17. The van der Waals surface area contributed by atoms with Crippen molar-refractivity contribution < 1.29 is 4.57 Å². The molecule has 1 heterocycles. The van der Waals surface area contributed by atoms with E-state index in [0.717, 1.165) is 5.56 Å². The maximum absolute atomic E-state index is 8.48. The minimum absolute atomic E-state index is 0.0790. The van der Waals surface area contributed by atoms with E-state index in [-0.39, 0.29) is 5.57 Å². The lowest BCUT2D eigenvalue weighted by molar-refractivity contribution is -0.671. The molecule has 4 nitrogen and oxygen atoms in total. The van der Waals surface area contributed by atoms with Gasteiger partial charge in [0, 0.05) is 24.4 Å². The molecule has 0 amide bonds. The van der Waals surface area contributed by atoms with Crippen LogP contribution in [0.5, 0.6) is 0 Å². The first-order valence-corrected chi connectivity index (χ1v) is 4.44. The number of allylic oxidation sites excluding steroid dienone is 1. The number of nitriles is 2. The van der Waals surface area contributed by atoms with Crippen molar-refractivity contribution in [1.82, 2.24) is 5.32 Å². The molecule has 0 aromatic carbocycles. The van der Waals surface area contributed by atoms with E-state index in [2.05, 4.69) is 5.32 Å². The Labute approximate surface area is 88.7 Å². The minimum atomic E-state index is 0.0790. The third-order valence-electron chi connectivity index (χ3n) is 1.79. The Morgan fingerprint density at radius 2 is 2.27 bits per heavy atom. The van der Waals surface area contributed by atoms with Crippen LogP contribution in [0.1, 0.15) is 5.56 Å². The summed E-state index contributed by atoms with van der Waals surface area (Å²) >= 11 is 0. The predicted molar refractivity (Wildman–Crippen MR) is 53.8 cm³/mol. The average Bonchev–Trinajstić information content (AvgIpc) is 2.25. The number of aryl methyl sites for hydroxylation is 1. The second-order valence-corrected chi connectivity index (χ2v) is 3.04. The van der Waals surface area contributed by atoms with Crippen molar-refractivity contribution in [1.29, 1.82) is 10.5 Å². The van der Waals surface area contributed by atoms with Gasteiger partial charge >= 0.3 is 0 Å². The van der Waals surface area contributed by atoms with Crippen LogP contribution in [0.2, 0.25) is 0 Å². The molecule has 1 aromatic heterocycles. The van der Waals surface area contributed by atoms with Crippen LogP contribution in [0.15, 0.2) is 36.3 Å². The molecule has 1 rings (SSSR count). The van der Waals surface area contributed by atoms with E-state index in [1.54, 1.807) is 12.1 Å². The Bertz CT molecular complexity index is 432. The molecule has 0 fully saturated rings. The fraction of sp³-hybridized carbons (Fsp3) is 0.182. The number of hydrogen-bond acceptors (Lipinski definition) is 3. The largest absolute Gasteiger partial charge is 0.385 e. The van der Waals surface area contributed by atoms with Gasteiger partial charge < -0.3 is 5.32 Å². The zero-order chi connectivity index (χ0) is 11.1. The number of aromatic nitrogens is 1. The van der Waals surface area contributed by atoms with Crippen LogP contribution in [-0.2, 0) is 13.6 Å². The van der Waals surface area contributed by atoms with Crippen LogP contribution in [0.4, 0.5) is 0 Å². The van der Waals surface area contributed by atoms with Gasteiger partial charge in [-0.15, -0.1) is 0 Å². The van der Waals surface area contributed by atoms with E-state index in [0.29, 0.717) is 6.54 Å². The Kier molecular flexibility index (Phi) is 3.88. The molecule has 0 radical (unpaired) electrons. The molecule has 0 saturated carbocycles. The lowest BCUT2D eigenvalue weighted by atomic mass is 10.3. The summed E-state index contributed by atoms with van der Waals surface area (Å²) in [4.78, 5) is 0. The van der Waals surface area contributed by atoms with E-state index in [4.69, 9.17) is 10.5 Å². The molecule has 0 aliphatic rings. The molecule has 74 valence electrons. The lowest BCUT2D eigenvalue weighted by Gasteiger charge is -1.98. The summed E-state index contributed by atoms with van der Waals surface area (Å²) in [6.45, 7) is 0.599. The molecular formula is C11H11N4+. The van der Waals surface area contributed by atoms with Crippen molar-refractivity contribution in [2.45, 2.75) is 6.54 Å². The minimum Gasteiger partial charge on any atom is -0.385 e. The number of nitrogens with zero attached hydrogens (tertiary/aromatic N) is 3. The SMILES string of the molecule is C[n+]1cccc(CNC=C(C#N)C#N)c1. The fourth-order valence-corrected chi connectivity index (χ4v) is 1.12. The molecule has 1 aromatic rings. The molecule has 4 heteroatoms. The highest BCUT2D eigenvalue weighted by atomic mass is 14.9. The zero-order valence-electron chi connectivity index (χ0n) is 8.44. The monoisotopic (exact) mass is 199 g/mol. The third kappa shape index (κ3) is 3.50. The predicted octanol–water partition coefficient (Wildman–Crippen LogP) is 0.532. The van der Waals surface area contributed by atoms with Gasteiger partial charge in [0.25, 0.3) is 0 Å². The molecule has 0 saturated heterocycles. The summed E-state index contributed by atoms with van der Waals surface area (Å²) in [6, 6.07) is 7.48. The first-order chi connectivity index (χ1) is 7.26. The van der Waals surface area contributed by atoms with Crippen LogP contribution in [0.3, 0.4) is 0 Å². The van der Waals surface area contributed by atoms with Gasteiger partial charge in [-0.25, -0.2) is 4.57 Å². The molecule has 0 unspecified atom stereocenters. The van der Waals surface area contributed by atoms with Crippen LogP contribution in [0.25, 0.3) is 0 Å². The fourth-order valence-electron chi connectivity index (χ4n) is 1.12. The van der Waals surface area contributed by atoms with Gasteiger partial charge in [0.1, 0.15) is 24.8 Å². The summed E-state index contributed by atoms with van der Waals surface area (Å²) in [7, 11) is 1.94. The number of hydrogen-bond donors (Lipinski definition) is 1. The van der Waals surface area contributed by atoms with E-state index in [9.17, 15) is 0 Å². The second kappa shape index (κ2) is 5.41. The van der Waals surface area contributed by atoms with Crippen LogP contribution >= 0.6 is 0 Å². The molecule has 0 aliphatic heterocycles. The van der Waals surface area contributed by atoms with Crippen LogP contribution < -0.4 is 9.88 Å². The van der Waals surface area contributed by atoms with E-state index >= 15 is 0 Å². The van der Waals surface area contributed by atoms with Gasteiger partial charge in [-0.1, -0.05) is 0 Å². The third-order valence-corrected chi connectivity index (χ3v) is 1.79. The molecule has 0 spiro atoms. The van der Waals surface area contributed by atoms with Gasteiger partial charge in [-0.2, -0.15) is 10.5 Å². The Morgan fingerprint density at radius 3 is 2.87 bits per heavy atom. The van der Waals surface area contributed by atoms with Crippen molar-refractivity contribution in [3.05, 3.63) is 41.9 Å². The molecule has 0 atom stereocenters. The van der Waals surface area contributed by atoms with Gasteiger partial charge in [-0.05, 0) is 6.07 Å². The van der Waals surface area contributed by atoms with Gasteiger partial charge in [-0.3, -0.25) is 0 Å². The first kappa shape index (κ1) is 10.7. The highest BCUT2D eigenvalue weighted by Crippen LogP contribution is 1.93. The van der Waals surface area contributed by atoms with Crippen molar-refractivity contribution in [2.75, 3.05) is 0 Å².